The fraction of sp³-hybridized carbons (Fsp3) is 0.208. The van der Waals surface area contributed by atoms with Gasteiger partial charge in [0.15, 0.2) is 0 Å². The second-order valence-electron chi connectivity index (χ2n) is 7.16. The molecule has 0 aromatic heterocycles. The number of fused-ring (bicyclic) bond motifs is 3. The van der Waals surface area contributed by atoms with E-state index in [4.69, 9.17) is 19.3 Å². The first-order chi connectivity index (χ1) is 14.3. The minimum atomic E-state index is -0.305. The van der Waals surface area contributed by atoms with E-state index in [-0.39, 0.29) is 12.3 Å². The molecule has 5 heteroatoms. The second kappa shape index (κ2) is 7.17. The molecule has 3 aromatic carbocycles. The molecule has 146 valence electrons. The van der Waals surface area contributed by atoms with Crippen LogP contribution in [0.15, 0.2) is 77.9 Å². The Hall–Kier alpha value is -3.47. The summed E-state index contributed by atoms with van der Waals surface area (Å²) in [5.74, 6) is 2.56. The van der Waals surface area contributed by atoms with Gasteiger partial charge in [-0.15, -0.1) is 0 Å². The molecule has 0 N–H and O–H groups in total. The summed E-state index contributed by atoms with van der Waals surface area (Å²) in [4.78, 5) is 0. The maximum Gasteiger partial charge on any atom is 0.214 e. The summed E-state index contributed by atoms with van der Waals surface area (Å²) >= 11 is 0. The molecule has 2 heterocycles. The van der Waals surface area contributed by atoms with Crippen LogP contribution in [0.3, 0.4) is 0 Å². The van der Waals surface area contributed by atoms with Gasteiger partial charge in [0.1, 0.15) is 17.2 Å². The molecule has 0 saturated carbocycles. The molecular formula is C24H22N2O3. The molecule has 0 amide bonds. The van der Waals surface area contributed by atoms with Gasteiger partial charge in [-0.1, -0.05) is 30.3 Å². The summed E-state index contributed by atoms with van der Waals surface area (Å²) in [6.45, 7) is 0. The third-order valence-corrected chi connectivity index (χ3v) is 5.50. The number of methoxy groups -OCH3 is 2. The normalized spacial score (nSPS) is 19.7. The molecule has 3 aromatic rings. The van der Waals surface area contributed by atoms with E-state index in [1.807, 2.05) is 42.5 Å². The molecule has 2 aliphatic heterocycles. The highest BCUT2D eigenvalue weighted by molar-refractivity contribution is 6.02. The Morgan fingerprint density at radius 2 is 1.69 bits per heavy atom. The molecule has 5 rings (SSSR count). The summed E-state index contributed by atoms with van der Waals surface area (Å²) in [5.41, 5.74) is 4.33. The van der Waals surface area contributed by atoms with Crippen LogP contribution in [0.4, 0.5) is 0 Å². The van der Waals surface area contributed by atoms with E-state index in [2.05, 4.69) is 35.3 Å². The van der Waals surface area contributed by atoms with Gasteiger partial charge >= 0.3 is 0 Å². The molecule has 0 saturated heterocycles. The summed E-state index contributed by atoms with van der Waals surface area (Å²) in [5, 5.41) is 7.07. The minimum absolute atomic E-state index is 0.133. The number of rotatable bonds is 4. The van der Waals surface area contributed by atoms with Gasteiger partial charge in [-0.2, -0.15) is 5.10 Å². The zero-order chi connectivity index (χ0) is 19.8. The first kappa shape index (κ1) is 17.6. The third-order valence-electron chi connectivity index (χ3n) is 5.50. The Bertz CT molecular complexity index is 1060. The van der Waals surface area contributed by atoms with Crippen LogP contribution in [0.2, 0.25) is 0 Å². The molecule has 2 aliphatic rings. The largest absolute Gasteiger partial charge is 0.497 e. The molecule has 0 radical (unpaired) electrons. The van der Waals surface area contributed by atoms with Crippen molar-refractivity contribution in [1.29, 1.82) is 0 Å². The molecule has 0 unspecified atom stereocenters. The van der Waals surface area contributed by atoms with Crippen LogP contribution in [0.5, 0.6) is 17.2 Å². The van der Waals surface area contributed by atoms with Crippen molar-refractivity contribution in [2.24, 2.45) is 5.10 Å². The minimum Gasteiger partial charge on any atom is -0.497 e. The zero-order valence-corrected chi connectivity index (χ0v) is 16.4. The number of hydrogen-bond acceptors (Lipinski definition) is 5. The van der Waals surface area contributed by atoms with Gasteiger partial charge in [-0.3, -0.25) is 0 Å². The van der Waals surface area contributed by atoms with Crippen molar-refractivity contribution >= 4 is 5.71 Å². The average molecular weight is 386 g/mol. The molecule has 0 fully saturated rings. The molecule has 0 spiro atoms. The highest BCUT2D eigenvalue weighted by Crippen LogP contribution is 2.47. The maximum absolute atomic E-state index is 6.40. The summed E-state index contributed by atoms with van der Waals surface area (Å²) in [7, 11) is 3.35. The Kier molecular flexibility index (Phi) is 4.35. The highest BCUT2D eigenvalue weighted by atomic mass is 16.5. The molecule has 0 bridgehead atoms. The van der Waals surface area contributed by atoms with Gasteiger partial charge in [0.25, 0.3) is 0 Å². The number of ether oxygens (including phenoxy) is 3. The van der Waals surface area contributed by atoms with E-state index in [9.17, 15) is 0 Å². The Morgan fingerprint density at radius 1 is 0.897 bits per heavy atom. The highest BCUT2D eigenvalue weighted by Gasteiger charge is 2.40. The average Bonchev–Trinajstić information content (AvgIpc) is 3.24. The lowest BCUT2D eigenvalue weighted by Crippen LogP contribution is -2.33. The number of para-hydroxylation sites is 1. The lowest BCUT2D eigenvalue weighted by Gasteiger charge is -2.38. The number of benzene rings is 3. The Balaban J connectivity index is 1.56. The van der Waals surface area contributed by atoms with Crippen LogP contribution in [-0.2, 0) is 0 Å². The van der Waals surface area contributed by atoms with E-state index >= 15 is 0 Å². The Labute approximate surface area is 170 Å². The second-order valence-corrected chi connectivity index (χ2v) is 7.16. The van der Waals surface area contributed by atoms with Crippen molar-refractivity contribution in [3.63, 3.8) is 0 Å². The predicted octanol–water partition coefficient (Wildman–Crippen LogP) is 4.95. The van der Waals surface area contributed by atoms with Gasteiger partial charge < -0.3 is 14.2 Å². The standard InChI is InChI=1S/C24H22N2O3/c1-27-18-12-10-16(11-13-18)21-15-22-20-8-3-4-9-23(20)29-24(26(22)25-21)17-6-5-7-19(14-17)28-2/h3-14,22,24H,15H2,1-2H3/t22-,24+/m1/s1. The smallest absolute Gasteiger partial charge is 0.214 e. The molecule has 29 heavy (non-hydrogen) atoms. The summed E-state index contributed by atoms with van der Waals surface area (Å²) in [6, 6.07) is 24.4. The lowest BCUT2D eigenvalue weighted by atomic mass is 9.96. The fourth-order valence-corrected chi connectivity index (χ4v) is 4.01. The van der Waals surface area contributed by atoms with Crippen LogP contribution in [0.1, 0.15) is 35.4 Å². The van der Waals surface area contributed by atoms with Gasteiger partial charge in [0.2, 0.25) is 6.23 Å². The van der Waals surface area contributed by atoms with E-state index < -0.39 is 0 Å². The first-order valence-corrected chi connectivity index (χ1v) is 9.66. The van der Waals surface area contributed by atoms with Gasteiger partial charge in [0.05, 0.1) is 26.0 Å². The fourth-order valence-electron chi connectivity index (χ4n) is 4.01. The van der Waals surface area contributed by atoms with Gasteiger partial charge in [-0.05, 0) is 48.0 Å². The van der Waals surface area contributed by atoms with Crippen LogP contribution in [0.25, 0.3) is 0 Å². The molecule has 0 aliphatic carbocycles. The van der Waals surface area contributed by atoms with Crippen molar-refractivity contribution in [3.05, 3.63) is 89.5 Å². The molecule has 2 atom stereocenters. The van der Waals surface area contributed by atoms with Crippen LogP contribution in [0, 0.1) is 0 Å². The Morgan fingerprint density at radius 3 is 2.48 bits per heavy atom. The number of hydrogen-bond donors (Lipinski definition) is 0. The van der Waals surface area contributed by atoms with Crippen molar-refractivity contribution in [2.45, 2.75) is 18.7 Å². The van der Waals surface area contributed by atoms with E-state index in [1.54, 1.807) is 14.2 Å². The van der Waals surface area contributed by atoms with Gasteiger partial charge in [0, 0.05) is 17.5 Å². The first-order valence-electron chi connectivity index (χ1n) is 9.66. The van der Waals surface area contributed by atoms with Crippen LogP contribution < -0.4 is 14.2 Å². The monoisotopic (exact) mass is 386 g/mol. The van der Waals surface area contributed by atoms with E-state index in [1.165, 1.54) is 5.56 Å². The van der Waals surface area contributed by atoms with E-state index in [0.717, 1.165) is 40.5 Å². The van der Waals surface area contributed by atoms with Crippen molar-refractivity contribution in [2.75, 3.05) is 14.2 Å². The van der Waals surface area contributed by atoms with E-state index in [0.29, 0.717) is 0 Å². The van der Waals surface area contributed by atoms with Crippen molar-refractivity contribution in [1.82, 2.24) is 5.01 Å². The topological polar surface area (TPSA) is 43.3 Å². The predicted molar refractivity (Wildman–Crippen MR) is 112 cm³/mol. The third kappa shape index (κ3) is 3.09. The molecular weight excluding hydrogens is 364 g/mol. The number of nitrogens with zero attached hydrogens (tertiary/aromatic N) is 2. The van der Waals surface area contributed by atoms with Crippen molar-refractivity contribution in [3.8, 4) is 17.2 Å². The quantitative estimate of drug-likeness (QED) is 0.637. The van der Waals surface area contributed by atoms with Crippen molar-refractivity contribution < 1.29 is 14.2 Å². The summed E-state index contributed by atoms with van der Waals surface area (Å²) < 4.78 is 17.1. The molecule has 5 nitrogen and oxygen atoms in total. The lowest BCUT2D eigenvalue weighted by molar-refractivity contribution is -0.0191. The summed E-state index contributed by atoms with van der Waals surface area (Å²) in [6.07, 6.45) is 0.522. The van der Waals surface area contributed by atoms with Gasteiger partial charge in [-0.25, -0.2) is 5.01 Å². The maximum atomic E-state index is 6.40. The number of hydrazone groups is 1. The van der Waals surface area contributed by atoms with Crippen LogP contribution >= 0.6 is 0 Å². The SMILES string of the molecule is COc1ccc(C2=NN3[C@H](C2)c2ccccc2O[C@H]3c2cccc(OC)c2)cc1. The van der Waals surface area contributed by atoms with Crippen LogP contribution in [-0.4, -0.2) is 24.9 Å². The zero-order valence-electron chi connectivity index (χ0n) is 16.4.